The van der Waals surface area contributed by atoms with Gasteiger partial charge in [0.2, 0.25) is 11.8 Å². The molecule has 1 heterocycles. The van der Waals surface area contributed by atoms with E-state index >= 15 is 0 Å². The van der Waals surface area contributed by atoms with E-state index in [0.717, 1.165) is 5.56 Å². The average Bonchev–Trinajstić information content (AvgIpc) is 2.77. The van der Waals surface area contributed by atoms with E-state index in [1.165, 1.54) is 0 Å². The van der Waals surface area contributed by atoms with Crippen molar-refractivity contribution in [3.63, 3.8) is 0 Å². The Kier molecular flexibility index (Phi) is 7.91. The van der Waals surface area contributed by atoms with Gasteiger partial charge in [0.25, 0.3) is 5.91 Å². The number of piperazine rings is 1. The highest BCUT2D eigenvalue weighted by molar-refractivity contribution is 6.33. The van der Waals surface area contributed by atoms with E-state index in [1.807, 2.05) is 56.0 Å². The van der Waals surface area contributed by atoms with Crippen LogP contribution in [0.1, 0.15) is 36.7 Å². The fourth-order valence-electron chi connectivity index (χ4n) is 3.97. The number of benzene rings is 2. The molecule has 0 aromatic heterocycles. The molecule has 2 aromatic rings. The monoisotopic (exact) mass is 455 g/mol. The first kappa shape index (κ1) is 23.8. The second kappa shape index (κ2) is 10.6. The molecule has 7 heteroatoms. The highest BCUT2D eigenvalue weighted by Crippen LogP contribution is 2.18. The van der Waals surface area contributed by atoms with Gasteiger partial charge in [-0.05, 0) is 30.5 Å². The van der Waals surface area contributed by atoms with Gasteiger partial charge in [0.1, 0.15) is 6.04 Å². The number of carbonyl (C=O) groups excluding carboxylic acids is 3. The molecule has 6 nitrogen and oxygen atoms in total. The van der Waals surface area contributed by atoms with Crippen LogP contribution in [0.2, 0.25) is 5.02 Å². The normalized spacial score (nSPS) is 17.2. The molecule has 0 spiro atoms. The Hall–Kier alpha value is -2.86. The van der Waals surface area contributed by atoms with Crippen molar-refractivity contribution in [1.29, 1.82) is 0 Å². The zero-order valence-corrected chi connectivity index (χ0v) is 19.5. The third-order valence-corrected chi connectivity index (χ3v) is 6.13. The van der Waals surface area contributed by atoms with Crippen molar-refractivity contribution in [2.75, 3.05) is 19.6 Å². The number of hydrogen-bond acceptors (Lipinski definition) is 3. The Morgan fingerprint density at radius 1 is 1.03 bits per heavy atom. The Bertz CT molecular complexity index is 964. The van der Waals surface area contributed by atoms with Crippen LogP contribution in [0, 0.1) is 5.92 Å². The Morgan fingerprint density at radius 3 is 2.31 bits per heavy atom. The summed E-state index contributed by atoms with van der Waals surface area (Å²) in [7, 11) is 0. The van der Waals surface area contributed by atoms with Crippen molar-refractivity contribution >= 4 is 29.3 Å². The first-order chi connectivity index (χ1) is 15.3. The fourth-order valence-corrected chi connectivity index (χ4v) is 4.20. The lowest BCUT2D eigenvalue weighted by molar-refractivity contribution is -0.143. The molecule has 2 atom stereocenters. The van der Waals surface area contributed by atoms with Gasteiger partial charge in [0.15, 0.2) is 0 Å². The minimum atomic E-state index is -0.669. The number of carbonyl (C=O) groups is 3. The van der Waals surface area contributed by atoms with Gasteiger partial charge in [-0.25, -0.2) is 0 Å². The maximum Gasteiger partial charge on any atom is 0.253 e. The Morgan fingerprint density at radius 2 is 1.69 bits per heavy atom. The molecule has 0 saturated carbocycles. The molecule has 1 N–H and O–H groups in total. The van der Waals surface area contributed by atoms with E-state index in [9.17, 15) is 14.4 Å². The van der Waals surface area contributed by atoms with E-state index < -0.39 is 6.04 Å². The molecule has 3 amide bonds. The van der Waals surface area contributed by atoms with Crippen molar-refractivity contribution in [1.82, 2.24) is 15.1 Å². The summed E-state index contributed by atoms with van der Waals surface area (Å²) in [5, 5.41) is 3.20. The molecule has 1 saturated heterocycles. The second-order valence-electron chi connectivity index (χ2n) is 8.56. The van der Waals surface area contributed by atoms with E-state index in [1.54, 1.807) is 29.2 Å². The van der Waals surface area contributed by atoms with E-state index in [0.29, 0.717) is 36.6 Å². The summed E-state index contributed by atoms with van der Waals surface area (Å²) in [6.07, 6.45) is 0.349. The molecule has 1 aliphatic heterocycles. The van der Waals surface area contributed by atoms with E-state index in [4.69, 9.17) is 11.6 Å². The highest BCUT2D eigenvalue weighted by atomic mass is 35.5. The van der Waals surface area contributed by atoms with Crippen LogP contribution in [0.5, 0.6) is 0 Å². The minimum absolute atomic E-state index is 0.0585. The standard InChI is InChI=1S/C25H30ClN3O3/c1-17(2)23(27-24(31)20-11-7-8-12-21(20)26)25(32)28-13-14-29(18(3)16-28)22(30)15-19-9-5-4-6-10-19/h4-12,17-18,23H,13-16H2,1-3H3,(H,27,31). The van der Waals surface area contributed by atoms with Crippen LogP contribution >= 0.6 is 11.6 Å². The first-order valence-corrected chi connectivity index (χ1v) is 11.3. The van der Waals surface area contributed by atoms with Crippen molar-refractivity contribution < 1.29 is 14.4 Å². The lowest BCUT2D eigenvalue weighted by Crippen LogP contribution is -2.60. The summed E-state index contributed by atoms with van der Waals surface area (Å²) in [5.74, 6) is -0.542. The van der Waals surface area contributed by atoms with Crippen LogP contribution in [-0.4, -0.2) is 59.2 Å². The minimum Gasteiger partial charge on any atom is -0.340 e. The van der Waals surface area contributed by atoms with Gasteiger partial charge in [-0.2, -0.15) is 0 Å². The molecular formula is C25H30ClN3O3. The van der Waals surface area contributed by atoms with E-state index in [2.05, 4.69) is 5.32 Å². The third kappa shape index (κ3) is 5.68. The van der Waals surface area contributed by atoms with Crippen molar-refractivity contribution in [3.05, 3.63) is 70.7 Å². The second-order valence-corrected chi connectivity index (χ2v) is 8.96. The molecular weight excluding hydrogens is 426 g/mol. The number of halogens is 1. The van der Waals surface area contributed by atoms with Gasteiger partial charge >= 0.3 is 0 Å². The predicted molar refractivity (Wildman–Crippen MR) is 125 cm³/mol. The molecule has 0 radical (unpaired) electrons. The quantitative estimate of drug-likeness (QED) is 0.725. The molecule has 2 unspecified atom stereocenters. The van der Waals surface area contributed by atoms with Gasteiger partial charge in [-0.3, -0.25) is 14.4 Å². The maximum absolute atomic E-state index is 13.3. The molecule has 1 aliphatic rings. The lowest BCUT2D eigenvalue weighted by Gasteiger charge is -2.41. The topological polar surface area (TPSA) is 69.7 Å². The van der Waals surface area contributed by atoms with Crippen LogP contribution in [0.3, 0.4) is 0 Å². The van der Waals surface area contributed by atoms with Crippen LogP contribution in [0.15, 0.2) is 54.6 Å². The number of nitrogens with one attached hydrogen (secondary N) is 1. The van der Waals surface area contributed by atoms with Crippen LogP contribution in [0.25, 0.3) is 0 Å². The van der Waals surface area contributed by atoms with Crippen LogP contribution < -0.4 is 5.32 Å². The summed E-state index contributed by atoms with van der Waals surface area (Å²) in [5.41, 5.74) is 1.32. The van der Waals surface area contributed by atoms with Gasteiger partial charge in [-0.1, -0.05) is 67.9 Å². The summed E-state index contributed by atoms with van der Waals surface area (Å²) in [4.78, 5) is 42.4. The third-order valence-electron chi connectivity index (χ3n) is 5.80. The van der Waals surface area contributed by atoms with Crippen LogP contribution in [0.4, 0.5) is 0 Å². The zero-order chi connectivity index (χ0) is 23.3. The summed E-state index contributed by atoms with van der Waals surface area (Å²) < 4.78 is 0. The average molecular weight is 456 g/mol. The highest BCUT2D eigenvalue weighted by Gasteiger charge is 2.34. The Balaban J connectivity index is 1.63. The maximum atomic E-state index is 13.3. The molecule has 2 aromatic carbocycles. The number of amides is 3. The van der Waals surface area contributed by atoms with Crippen molar-refractivity contribution in [2.24, 2.45) is 5.92 Å². The molecule has 0 bridgehead atoms. The van der Waals surface area contributed by atoms with Gasteiger partial charge in [0.05, 0.1) is 17.0 Å². The van der Waals surface area contributed by atoms with E-state index in [-0.39, 0.29) is 29.7 Å². The predicted octanol–water partition coefficient (Wildman–Crippen LogP) is 3.40. The summed E-state index contributed by atoms with van der Waals surface area (Å²) in [6.45, 7) is 7.10. The van der Waals surface area contributed by atoms with Crippen LogP contribution in [-0.2, 0) is 16.0 Å². The summed E-state index contributed by atoms with van der Waals surface area (Å²) in [6, 6.07) is 15.7. The summed E-state index contributed by atoms with van der Waals surface area (Å²) >= 11 is 6.14. The molecule has 3 rings (SSSR count). The molecule has 170 valence electrons. The van der Waals surface area contributed by atoms with Gasteiger partial charge < -0.3 is 15.1 Å². The first-order valence-electron chi connectivity index (χ1n) is 11.0. The SMILES string of the molecule is CC(C)C(NC(=O)c1ccccc1Cl)C(=O)N1CCN(C(=O)Cc2ccccc2)C(C)C1. The number of rotatable bonds is 6. The fraction of sp³-hybridized carbons (Fsp3) is 0.400. The molecule has 32 heavy (non-hydrogen) atoms. The Labute approximate surface area is 194 Å². The van der Waals surface area contributed by atoms with Crippen molar-refractivity contribution in [3.8, 4) is 0 Å². The number of hydrogen-bond donors (Lipinski definition) is 1. The number of nitrogens with zero attached hydrogens (tertiary/aromatic N) is 2. The largest absolute Gasteiger partial charge is 0.340 e. The molecule has 0 aliphatic carbocycles. The van der Waals surface area contributed by atoms with Gasteiger partial charge in [-0.15, -0.1) is 0 Å². The smallest absolute Gasteiger partial charge is 0.253 e. The van der Waals surface area contributed by atoms with Gasteiger partial charge in [0, 0.05) is 25.7 Å². The lowest BCUT2D eigenvalue weighted by atomic mass is 10.0. The van der Waals surface area contributed by atoms with Crippen molar-refractivity contribution in [2.45, 2.75) is 39.3 Å². The molecule has 1 fully saturated rings. The zero-order valence-electron chi connectivity index (χ0n) is 18.8.